The Morgan fingerprint density at radius 1 is 1.44 bits per heavy atom. The quantitative estimate of drug-likeness (QED) is 0.727. The fourth-order valence-corrected chi connectivity index (χ4v) is 1.19. The minimum absolute atomic E-state index is 0.367. The molecule has 1 aromatic heterocycles. The van der Waals surface area contributed by atoms with Crippen molar-refractivity contribution in [2.45, 2.75) is 33.3 Å². The van der Waals surface area contributed by atoms with Crippen LogP contribution in [0.25, 0.3) is 0 Å². The molecule has 0 aromatic carbocycles. The molecule has 0 saturated carbocycles. The molecule has 16 heavy (non-hydrogen) atoms. The smallest absolute Gasteiger partial charge is 0.412 e. The van der Waals surface area contributed by atoms with E-state index in [9.17, 15) is 4.79 Å². The average molecular weight is 218 g/mol. The van der Waals surface area contributed by atoms with Gasteiger partial charge in [-0.3, -0.25) is 10.3 Å². The van der Waals surface area contributed by atoms with E-state index in [2.05, 4.69) is 10.3 Å². The highest BCUT2D eigenvalue weighted by atomic mass is 16.6. The van der Waals surface area contributed by atoms with E-state index in [0.29, 0.717) is 11.3 Å². The highest BCUT2D eigenvalue weighted by Gasteiger charge is 2.16. The van der Waals surface area contributed by atoms with Crippen LogP contribution in [0.5, 0.6) is 0 Å². The number of nitrogens with zero attached hydrogens (tertiary/aromatic N) is 1. The van der Waals surface area contributed by atoms with E-state index < -0.39 is 11.7 Å². The van der Waals surface area contributed by atoms with Crippen molar-refractivity contribution in [2.24, 2.45) is 0 Å². The van der Waals surface area contributed by atoms with Gasteiger partial charge in [0, 0.05) is 11.4 Å². The first-order valence-electron chi connectivity index (χ1n) is 5.00. The van der Waals surface area contributed by atoms with Crippen molar-refractivity contribution in [3.8, 4) is 0 Å². The van der Waals surface area contributed by atoms with Crippen molar-refractivity contribution >= 4 is 25.2 Å². The van der Waals surface area contributed by atoms with Crippen LogP contribution in [0.1, 0.15) is 26.5 Å². The molecule has 5 heteroatoms. The summed E-state index contributed by atoms with van der Waals surface area (Å²) >= 11 is 0. The summed E-state index contributed by atoms with van der Waals surface area (Å²) in [6.07, 6.45) is -0.502. The Balaban J connectivity index is 2.70. The standard InChI is InChI=1S/C11H15BN2O2/c1-7-5-8(6-9(12)13-7)14-10(15)16-11(2,3)4/h5-6H,1-4H3,(H,13,14,15). The second-order valence-corrected chi connectivity index (χ2v) is 4.55. The Bertz CT molecular complexity index is 379. The molecule has 0 fully saturated rings. The van der Waals surface area contributed by atoms with E-state index in [1.165, 1.54) is 0 Å². The monoisotopic (exact) mass is 218 g/mol. The molecule has 0 saturated heterocycles. The summed E-state index contributed by atoms with van der Waals surface area (Å²) < 4.78 is 5.11. The number of ether oxygens (including phenoxy) is 1. The predicted octanol–water partition coefficient (Wildman–Crippen LogP) is 1.53. The molecular formula is C11H15BN2O2. The van der Waals surface area contributed by atoms with E-state index in [1.807, 2.05) is 0 Å². The molecule has 84 valence electrons. The summed E-state index contributed by atoms with van der Waals surface area (Å²) in [5, 5.41) is 2.60. The van der Waals surface area contributed by atoms with Crippen molar-refractivity contribution in [3.05, 3.63) is 17.8 Å². The first-order valence-corrected chi connectivity index (χ1v) is 5.00. The zero-order valence-electron chi connectivity index (χ0n) is 10.00. The lowest BCUT2D eigenvalue weighted by atomic mass is 10.0. The number of aromatic nitrogens is 1. The Hall–Kier alpha value is -1.52. The molecule has 4 nitrogen and oxygen atoms in total. The lowest BCUT2D eigenvalue weighted by molar-refractivity contribution is 0.0636. The van der Waals surface area contributed by atoms with Crippen LogP contribution in [0.15, 0.2) is 12.1 Å². The normalized spacial score (nSPS) is 11.0. The number of carbonyl (C=O) groups is 1. The minimum Gasteiger partial charge on any atom is -0.444 e. The zero-order chi connectivity index (χ0) is 12.3. The van der Waals surface area contributed by atoms with E-state index >= 15 is 0 Å². The molecule has 0 atom stereocenters. The van der Waals surface area contributed by atoms with Gasteiger partial charge in [0.15, 0.2) is 0 Å². The number of rotatable bonds is 1. The number of hydrogen-bond acceptors (Lipinski definition) is 3. The topological polar surface area (TPSA) is 51.2 Å². The van der Waals surface area contributed by atoms with Crippen LogP contribution in [0.3, 0.4) is 0 Å². The number of hydrogen-bond donors (Lipinski definition) is 1. The molecule has 2 radical (unpaired) electrons. The number of amides is 1. The van der Waals surface area contributed by atoms with Gasteiger partial charge in [0.25, 0.3) is 0 Å². The third-order valence-corrected chi connectivity index (χ3v) is 1.62. The van der Waals surface area contributed by atoms with E-state index in [0.717, 1.165) is 5.69 Å². The summed E-state index contributed by atoms with van der Waals surface area (Å²) in [4.78, 5) is 15.5. The number of carbonyl (C=O) groups excluding carboxylic acids is 1. The molecule has 0 unspecified atom stereocenters. The number of nitrogens with one attached hydrogen (secondary N) is 1. The van der Waals surface area contributed by atoms with Gasteiger partial charge in [-0.15, -0.1) is 0 Å². The Morgan fingerprint density at radius 2 is 2.06 bits per heavy atom. The van der Waals surface area contributed by atoms with Crippen LogP contribution in [0.2, 0.25) is 0 Å². The van der Waals surface area contributed by atoms with Gasteiger partial charge in [-0.2, -0.15) is 0 Å². The Morgan fingerprint density at radius 3 is 2.56 bits per heavy atom. The van der Waals surface area contributed by atoms with Crippen LogP contribution in [0, 0.1) is 6.92 Å². The first kappa shape index (κ1) is 12.6. The van der Waals surface area contributed by atoms with Crippen LogP contribution in [-0.4, -0.2) is 24.5 Å². The van der Waals surface area contributed by atoms with Gasteiger partial charge in [-0.25, -0.2) is 4.79 Å². The highest BCUT2D eigenvalue weighted by Crippen LogP contribution is 2.11. The molecule has 0 spiro atoms. The Labute approximate surface area is 96.8 Å². The zero-order valence-corrected chi connectivity index (χ0v) is 10.00. The summed E-state index contributed by atoms with van der Waals surface area (Å²) in [5.74, 6) is 0. The summed E-state index contributed by atoms with van der Waals surface area (Å²) in [6.45, 7) is 7.22. The fourth-order valence-electron chi connectivity index (χ4n) is 1.19. The third-order valence-electron chi connectivity index (χ3n) is 1.62. The minimum atomic E-state index is -0.516. The average Bonchev–Trinajstić information content (AvgIpc) is 1.96. The molecule has 1 N–H and O–H groups in total. The largest absolute Gasteiger partial charge is 0.444 e. The van der Waals surface area contributed by atoms with Gasteiger partial charge in [-0.05, 0) is 45.4 Å². The third kappa shape index (κ3) is 4.34. The van der Waals surface area contributed by atoms with Crippen LogP contribution >= 0.6 is 0 Å². The second-order valence-electron chi connectivity index (χ2n) is 4.55. The summed E-state index contributed by atoms with van der Waals surface area (Å²) in [7, 11) is 5.56. The van der Waals surface area contributed by atoms with Crippen molar-refractivity contribution < 1.29 is 9.53 Å². The van der Waals surface area contributed by atoms with E-state index in [1.54, 1.807) is 39.8 Å². The van der Waals surface area contributed by atoms with Crippen LogP contribution in [0.4, 0.5) is 10.5 Å². The fraction of sp³-hybridized carbons (Fsp3) is 0.455. The molecule has 1 amide bonds. The van der Waals surface area contributed by atoms with Gasteiger partial charge in [-0.1, -0.05) is 0 Å². The Kier molecular flexibility index (Phi) is 3.57. The molecule has 0 aliphatic rings. The molecule has 0 aliphatic heterocycles. The molecule has 1 aromatic rings. The van der Waals surface area contributed by atoms with Crippen molar-refractivity contribution in [2.75, 3.05) is 5.32 Å². The summed E-state index contributed by atoms with van der Waals surface area (Å²) in [5.41, 5.74) is 1.17. The molecule has 1 rings (SSSR count). The van der Waals surface area contributed by atoms with Crippen molar-refractivity contribution in [1.82, 2.24) is 4.98 Å². The van der Waals surface area contributed by atoms with Gasteiger partial charge in [0.1, 0.15) is 13.4 Å². The number of aryl methyl sites for hydroxylation is 1. The maximum atomic E-state index is 11.5. The maximum absolute atomic E-state index is 11.5. The molecule has 0 bridgehead atoms. The second kappa shape index (κ2) is 4.55. The first-order chi connectivity index (χ1) is 7.26. The molecular weight excluding hydrogens is 203 g/mol. The van der Waals surface area contributed by atoms with Crippen LogP contribution in [-0.2, 0) is 4.74 Å². The number of anilines is 1. The highest BCUT2D eigenvalue weighted by molar-refractivity contribution is 6.31. The maximum Gasteiger partial charge on any atom is 0.412 e. The molecule has 0 aliphatic carbocycles. The van der Waals surface area contributed by atoms with Gasteiger partial charge in [0.2, 0.25) is 0 Å². The SMILES string of the molecule is [B]c1cc(NC(=O)OC(C)(C)C)cc(C)n1. The predicted molar refractivity (Wildman–Crippen MR) is 64.2 cm³/mol. The van der Waals surface area contributed by atoms with E-state index in [4.69, 9.17) is 12.6 Å². The van der Waals surface area contributed by atoms with Gasteiger partial charge < -0.3 is 4.74 Å². The number of pyridine rings is 1. The lowest BCUT2D eigenvalue weighted by Crippen LogP contribution is -2.27. The summed E-state index contributed by atoms with van der Waals surface area (Å²) in [6, 6.07) is 3.30. The van der Waals surface area contributed by atoms with Crippen molar-refractivity contribution in [3.63, 3.8) is 0 Å². The molecule has 1 heterocycles. The van der Waals surface area contributed by atoms with E-state index in [-0.39, 0.29) is 0 Å². The van der Waals surface area contributed by atoms with Gasteiger partial charge in [0.05, 0.1) is 0 Å². The van der Waals surface area contributed by atoms with Gasteiger partial charge >= 0.3 is 6.09 Å². The van der Waals surface area contributed by atoms with Crippen molar-refractivity contribution in [1.29, 1.82) is 0 Å². The lowest BCUT2D eigenvalue weighted by Gasteiger charge is -2.19. The van der Waals surface area contributed by atoms with Crippen LogP contribution < -0.4 is 10.9 Å².